The molecule has 224 valence electrons. The maximum Gasteiger partial charge on any atom is 0.333 e. The summed E-state index contributed by atoms with van der Waals surface area (Å²) in [5.74, 6) is -0.998. The molecule has 4 aromatic rings. The number of methoxy groups -OCH3 is 1. The summed E-state index contributed by atoms with van der Waals surface area (Å²) in [4.78, 5) is 49.9. The minimum Gasteiger partial charge on any atom is -0.496 e. The van der Waals surface area contributed by atoms with Crippen LogP contribution < -0.4 is 16.0 Å². The predicted octanol–water partition coefficient (Wildman–Crippen LogP) is 3.42. The molecule has 1 saturated carbocycles. The zero-order valence-corrected chi connectivity index (χ0v) is 24.6. The zero-order valence-electron chi connectivity index (χ0n) is 23.8. The van der Waals surface area contributed by atoms with Gasteiger partial charge in [0.1, 0.15) is 32.7 Å². The van der Waals surface area contributed by atoms with E-state index < -0.39 is 28.6 Å². The summed E-state index contributed by atoms with van der Waals surface area (Å²) in [6, 6.07) is 5.84. The Kier molecular flexibility index (Phi) is 9.12. The van der Waals surface area contributed by atoms with Crippen LogP contribution in [0.5, 0.6) is 5.75 Å². The molecule has 0 spiro atoms. The summed E-state index contributed by atoms with van der Waals surface area (Å²) < 4.78 is 22.9. The Morgan fingerprint density at radius 1 is 1.21 bits per heavy atom. The van der Waals surface area contributed by atoms with Crippen molar-refractivity contribution in [3.63, 3.8) is 0 Å². The van der Waals surface area contributed by atoms with Crippen molar-refractivity contribution in [3.05, 3.63) is 74.4 Å². The van der Waals surface area contributed by atoms with Gasteiger partial charge in [-0.2, -0.15) is 5.10 Å². The van der Waals surface area contributed by atoms with Crippen LogP contribution >= 0.6 is 11.3 Å². The number of rotatable bonds is 7. The van der Waals surface area contributed by atoms with E-state index in [4.69, 9.17) is 9.84 Å². The van der Waals surface area contributed by atoms with Gasteiger partial charge in [-0.25, -0.2) is 23.2 Å². The van der Waals surface area contributed by atoms with E-state index in [1.54, 1.807) is 30.1 Å². The lowest BCUT2D eigenvalue weighted by molar-refractivity contribution is -0.146. The van der Waals surface area contributed by atoms with E-state index >= 15 is 0 Å². The SMILES string of the molecule is COc1ccc(F)cc1CCn1c(=O)n(C(C)(C)C(=O)O)c(=O)c2c(C)c(-n3cccn3)sc21.O=C1CCC(O)CC1. The first kappa shape index (κ1) is 30.8. The number of Topliss-reactive ketones (excluding diaryl/α,β-unsaturated/α-hetero) is 1. The zero-order chi connectivity index (χ0) is 30.8. The van der Waals surface area contributed by atoms with Gasteiger partial charge in [0.25, 0.3) is 5.56 Å². The number of aliphatic hydroxyl groups is 1. The van der Waals surface area contributed by atoms with Gasteiger partial charge in [0, 0.05) is 37.3 Å². The Bertz CT molecular complexity index is 1730. The minimum atomic E-state index is -1.79. The van der Waals surface area contributed by atoms with Gasteiger partial charge in [-0.3, -0.25) is 14.2 Å². The molecule has 3 heterocycles. The third-order valence-corrected chi connectivity index (χ3v) is 8.65. The average Bonchev–Trinajstić information content (AvgIpc) is 3.59. The molecule has 42 heavy (non-hydrogen) atoms. The molecule has 5 rings (SSSR count). The molecule has 0 unspecified atom stereocenters. The summed E-state index contributed by atoms with van der Waals surface area (Å²) in [5, 5.41) is 23.7. The van der Waals surface area contributed by atoms with Crippen LogP contribution in [0.25, 0.3) is 15.2 Å². The van der Waals surface area contributed by atoms with Crippen LogP contribution in [0.1, 0.15) is 50.7 Å². The van der Waals surface area contributed by atoms with Crippen molar-refractivity contribution in [2.24, 2.45) is 0 Å². The molecular formula is C29H33FN4O7S. The van der Waals surface area contributed by atoms with Crippen molar-refractivity contribution in [1.82, 2.24) is 18.9 Å². The van der Waals surface area contributed by atoms with E-state index in [-0.39, 0.29) is 24.5 Å². The Morgan fingerprint density at radius 2 is 1.90 bits per heavy atom. The predicted molar refractivity (Wildman–Crippen MR) is 155 cm³/mol. The molecule has 1 aromatic carbocycles. The number of carboxylic acid groups (broad SMARTS) is 1. The highest BCUT2D eigenvalue weighted by Crippen LogP contribution is 2.31. The molecule has 0 atom stereocenters. The van der Waals surface area contributed by atoms with E-state index in [1.807, 2.05) is 0 Å². The van der Waals surface area contributed by atoms with Gasteiger partial charge in [-0.15, -0.1) is 0 Å². The van der Waals surface area contributed by atoms with Crippen LogP contribution in [0.15, 0.2) is 46.2 Å². The second kappa shape index (κ2) is 12.4. The second-order valence-corrected chi connectivity index (χ2v) is 11.6. The van der Waals surface area contributed by atoms with Crippen molar-refractivity contribution < 1.29 is 28.9 Å². The molecule has 0 bridgehead atoms. The van der Waals surface area contributed by atoms with E-state index in [2.05, 4.69) is 5.10 Å². The molecule has 3 aromatic heterocycles. The van der Waals surface area contributed by atoms with Gasteiger partial charge < -0.3 is 14.9 Å². The van der Waals surface area contributed by atoms with Crippen LogP contribution in [0.4, 0.5) is 4.39 Å². The number of thiophene rings is 1. The van der Waals surface area contributed by atoms with Crippen molar-refractivity contribution in [2.45, 2.75) is 71.1 Å². The topological polar surface area (TPSA) is 146 Å². The maximum absolute atomic E-state index is 13.9. The first-order chi connectivity index (χ1) is 19.9. The number of carbonyl (C=O) groups excluding carboxylic acids is 1. The first-order valence-corrected chi connectivity index (χ1v) is 14.2. The van der Waals surface area contributed by atoms with Crippen molar-refractivity contribution in [1.29, 1.82) is 0 Å². The summed E-state index contributed by atoms with van der Waals surface area (Å²) in [6.45, 7) is 4.42. The standard InChI is InChI=1S/C23H23FN4O5S.C6H10O2/c1-13-17-18(29)28(23(2,3)21(30)31)22(32)26(20(17)34-19(13)27-10-5-9-25-27)11-8-14-12-15(24)6-7-16(14)33-4;7-5-1-2-6(8)4-3-5/h5-7,9-10,12H,8,11H2,1-4H3,(H,30,31);5,7H,1-4H2. The fraction of sp³-hybridized carbons (Fsp3) is 0.414. The lowest BCUT2D eigenvalue weighted by atomic mass is 9.97. The van der Waals surface area contributed by atoms with Crippen LogP contribution in [0.3, 0.4) is 0 Å². The number of hydrogen-bond donors (Lipinski definition) is 2. The summed E-state index contributed by atoms with van der Waals surface area (Å²) >= 11 is 1.21. The van der Waals surface area contributed by atoms with Gasteiger partial charge in [-0.05, 0) is 69.9 Å². The van der Waals surface area contributed by atoms with E-state index in [0.717, 1.165) is 4.57 Å². The molecule has 2 N–H and O–H groups in total. The molecule has 11 nitrogen and oxygen atoms in total. The Morgan fingerprint density at radius 3 is 2.48 bits per heavy atom. The summed E-state index contributed by atoms with van der Waals surface area (Å²) in [6.07, 6.45) is 5.86. The van der Waals surface area contributed by atoms with Crippen LogP contribution in [0, 0.1) is 12.7 Å². The van der Waals surface area contributed by atoms with Gasteiger partial charge in [0.2, 0.25) is 0 Å². The number of ether oxygens (including phenoxy) is 1. The molecule has 0 aliphatic heterocycles. The van der Waals surface area contributed by atoms with Crippen LogP contribution in [-0.2, 0) is 28.1 Å². The Hall–Kier alpha value is -4.10. The molecule has 0 amide bonds. The number of aryl methyl sites for hydroxylation is 3. The largest absolute Gasteiger partial charge is 0.496 e. The number of ketones is 1. The number of carboxylic acids is 1. The van der Waals surface area contributed by atoms with Crippen molar-refractivity contribution in [3.8, 4) is 10.8 Å². The van der Waals surface area contributed by atoms with E-state index in [0.29, 0.717) is 58.2 Å². The molecular weight excluding hydrogens is 567 g/mol. The highest BCUT2D eigenvalue weighted by molar-refractivity contribution is 7.21. The molecule has 1 aliphatic rings. The van der Waals surface area contributed by atoms with E-state index in [1.165, 1.54) is 55.1 Å². The number of carbonyl (C=O) groups is 2. The van der Waals surface area contributed by atoms with Crippen molar-refractivity contribution >= 4 is 33.3 Å². The third kappa shape index (κ3) is 6.07. The van der Waals surface area contributed by atoms with Gasteiger partial charge in [-0.1, -0.05) is 11.3 Å². The van der Waals surface area contributed by atoms with Gasteiger partial charge >= 0.3 is 11.7 Å². The van der Waals surface area contributed by atoms with Crippen LogP contribution in [0.2, 0.25) is 0 Å². The fourth-order valence-electron chi connectivity index (χ4n) is 4.83. The fourth-order valence-corrected chi connectivity index (χ4v) is 6.09. The maximum atomic E-state index is 13.9. The third-order valence-electron chi connectivity index (χ3n) is 7.34. The second-order valence-electron chi connectivity index (χ2n) is 10.6. The summed E-state index contributed by atoms with van der Waals surface area (Å²) in [5.41, 5.74) is -2.10. The van der Waals surface area contributed by atoms with Gasteiger partial charge in [0.05, 0.1) is 18.6 Å². The Labute approximate surface area is 244 Å². The molecule has 1 aliphatic carbocycles. The number of benzene rings is 1. The number of aliphatic hydroxyl groups excluding tert-OH is 1. The van der Waals surface area contributed by atoms with E-state index in [9.17, 15) is 28.7 Å². The lowest BCUT2D eigenvalue weighted by Gasteiger charge is -2.23. The number of aliphatic carboxylic acids is 1. The smallest absolute Gasteiger partial charge is 0.333 e. The molecule has 0 radical (unpaired) electrons. The molecule has 0 saturated heterocycles. The normalized spacial score (nSPS) is 14.1. The van der Waals surface area contributed by atoms with Gasteiger partial charge in [0.15, 0.2) is 0 Å². The lowest BCUT2D eigenvalue weighted by Crippen LogP contribution is -2.52. The number of hydrogen-bond acceptors (Lipinski definition) is 8. The Balaban J connectivity index is 0.000000437. The highest BCUT2D eigenvalue weighted by atomic mass is 32.1. The number of nitrogens with zero attached hydrogens (tertiary/aromatic N) is 4. The number of fused-ring (bicyclic) bond motifs is 1. The molecule has 13 heteroatoms. The summed E-state index contributed by atoms with van der Waals surface area (Å²) in [7, 11) is 1.47. The average molecular weight is 601 g/mol. The monoisotopic (exact) mass is 600 g/mol. The molecule has 1 fully saturated rings. The first-order valence-electron chi connectivity index (χ1n) is 13.4. The quantitative estimate of drug-likeness (QED) is 0.328. The van der Waals surface area contributed by atoms with Crippen LogP contribution in [-0.4, -0.2) is 54.1 Å². The highest BCUT2D eigenvalue weighted by Gasteiger charge is 2.35. The van der Waals surface area contributed by atoms with Crippen molar-refractivity contribution in [2.75, 3.05) is 7.11 Å². The number of aromatic nitrogens is 4. The number of halogens is 1. The minimum absolute atomic E-state index is 0.0730.